The Balaban J connectivity index is 0.00000320. The summed E-state index contributed by atoms with van der Waals surface area (Å²) in [6.45, 7) is 2.98. The van der Waals surface area contributed by atoms with Crippen LogP contribution in [0.3, 0.4) is 0 Å². The average molecular weight is 481 g/mol. The number of aromatic carboxylic acids is 1. The maximum atomic E-state index is 11.4. The van der Waals surface area contributed by atoms with Crippen molar-refractivity contribution in [2.75, 3.05) is 40.0 Å². The van der Waals surface area contributed by atoms with E-state index in [1.165, 1.54) is 6.07 Å². The van der Waals surface area contributed by atoms with E-state index in [1.807, 2.05) is 6.07 Å². The Morgan fingerprint density at radius 3 is 2.83 bits per heavy atom. The predicted molar refractivity (Wildman–Crippen MR) is 115 cm³/mol. The maximum Gasteiger partial charge on any atom is 0.356 e. The molecule has 0 aliphatic carbocycles. The maximum absolute atomic E-state index is 11.4. The summed E-state index contributed by atoms with van der Waals surface area (Å²) in [6, 6.07) is 6.85. The number of hydrogen-bond donors (Lipinski definition) is 2. The second kappa shape index (κ2) is 11.7. The second-order valence-corrected chi connectivity index (χ2v) is 7.44. The Hall–Kier alpha value is -1.55. The van der Waals surface area contributed by atoms with Crippen molar-refractivity contribution in [2.24, 2.45) is 5.92 Å². The molecule has 0 bridgehead atoms. The topological polar surface area (TPSA) is 94.8 Å². The molecular weight excluding hydrogens is 457 g/mol. The van der Waals surface area contributed by atoms with Crippen molar-refractivity contribution in [2.45, 2.75) is 12.6 Å². The van der Waals surface area contributed by atoms with Gasteiger partial charge >= 0.3 is 5.97 Å². The molecule has 1 aliphatic heterocycles. The number of ether oxygens (including phenoxy) is 3. The number of rotatable bonds is 8. The Labute approximate surface area is 190 Å². The molecule has 2 heterocycles. The van der Waals surface area contributed by atoms with Gasteiger partial charge in [-0.05, 0) is 17.7 Å². The van der Waals surface area contributed by atoms with Crippen LogP contribution in [0.5, 0.6) is 5.88 Å². The van der Waals surface area contributed by atoms with Crippen molar-refractivity contribution in [1.29, 1.82) is 0 Å². The molecule has 11 heteroatoms. The second-order valence-electron chi connectivity index (χ2n) is 6.63. The lowest BCUT2D eigenvalue weighted by molar-refractivity contribution is 0.0231. The van der Waals surface area contributed by atoms with E-state index in [0.717, 1.165) is 5.56 Å². The Morgan fingerprint density at radius 1 is 1.33 bits per heavy atom. The van der Waals surface area contributed by atoms with Gasteiger partial charge in [0.25, 0.3) is 0 Å². The third-order valence-corrected chi connectivity index (χ3v) is 5.33. The molecule has 0 radical (unpaired) electrons. The number of benzene rings is 1. The van der Waals surface area contributed by atoms with E-state index in [1.54, 1.807) is 23.9 Å². The first-order chi connectivity index (χ1) is 14.0. The highest BCUT2D eigenvalue weighted by molar-refractivity contribution is 6.42. The van der Waals surface area contributed by atoms with E-state index in [4.69, 9.17) is 37.4 Å². The van der Waals surface area contributed by atoms with E-state index in [-0.39, 0.29) is 36.7 Å². The zero-order chi connectivity index (χ0) is 20.8. The van der Waals surface area contributed by atoms with Crippen molar-refractivity contribution < 1.29 is 24.1 Å². The molecule has 30 heavy (non-hydrogen) atoms. The Kier molecular flexibility index (Phi) is 9.67. The van der Waals surface area contributed by atoms with E-state index < -0.39 is 5.97 Å². The standard InChI is InChI=1S/C19H23Cl2N3O5.ClH/c1-27-6-7-28-17-9-16(19(25)26)23-24(17)11-13-10-22-4-5-29-18(13)12-2-3-14(20)15(21)8-12;/h2-3,8-9,13,18,22H,4-7,10-11H2,1H3,(H,25,26);1H/t13-,18-;/m0./s1. The molecule has 2 atom stereocenters. The zero-order valence-electron chi connectivity index (χ0n) is 16.3. The first-order valence-corrected chi connectivity index (χ1v) is 9.95. The van der Waals surface area contributed by atoms with Crippen LogP contribution < -0.4 is 10.1 Å². The lowest BCUT2D eigenvalue weighted by Gasteiger charge is -2.26. The van der Waals surface area contributed by atoms with Gasteiger partial charge in [0.15, 0.2) is 5.69 Å². The average Bonchev–Trinajstić information content (AvgIpc) is 2.95. The van der Waals surface area contributed by atoms with Crippen LogP contribution in [0.2, 0.25) is 10.0 Å². The van der Waals surface area contributed by atoms with Gasteiger partial charge in [0.2, 0.25) is 5.88 Å². The molecule has 2 N–H and O–H groups in total. The summed E-state index contributed by atoms with van der Waals surface area (Å²) in [7, 11) is 1.57. The lowest BCUT2D eigenvalue weighted by Crippen LogP contribution is -2.29. The van der Waals surface area contributed by atoms with Crippen LogP contribution in [0.1, 0.15) is 22.2 Å². The van der Waals surface area contributed by atoms with Crippen LogP contribution in [0.15, 0.2) is 24.3 Å². The Bertz CT molecular complexity index is 849. The summed E-state index contributed by atoms with van der Waals surface area (Å²) in [5.41, 5.74) is 0.826. The molecule has 0 unspecified atom stereocenters. The number of carbonyl (C=O) groups is 1. The molecule has 1 fully saturated rings. The number of aromatic nitrogens is 2. The molecular formula is C19H24Cl3N3O5. The number of halogens is 3. The lowest BCUT2D eigenvalue weighted by atomic mass is 9.95. The summed E-state index contributed by atoms with van der Waals surface area (Å²) in [6.07, 6.45) is -0.260. The van der Waals surface area contributed by atoms with Gasteiger partial charge in [0, 0.05) is 32.2 Å². The number of nitrogens with one attached hydrogen (secondary N) is 1. The number of carboxylic acids is 1. The molecule has 0 spiro atoms. The summed E-state index contributed by atoms with van der Waals surface area (Å²) in [5, 5.41) is 17.8. The van der Waals surface area contributed by atoms with Crippen LogP contribution in [0, 0.1) is 5.92 Å². The number of carboxylic acid groups (broad SMARTS) is 1. The molecule has 0 saturated carbocycles. The molecule has 2 aromatic rings. The van der Waals surface area contributed by atoms with Gasteiger partial charge in [-0.25, -0.2) is 9.48 Å². The van der Waals surface area contributed by atoms with Gasteiger partial charge in [-0.3, -0.25) is 0 Å². The fourth-order valence-electron chi connectivity index (χ4n) is 3.21. The highest BCUT2D eigenvalue weighted by Crippen LogP contribution is 2.33. The van der Waals surface area contributed by atoms with Gasteiger partial charge in [0.05, 0.1) is 35.9 Å². The molecule has 1 saturated heterocycles. The monoisotopic (exact) mass is 479 g/mol. The Morgan fingerprint density at radius 2 is 2.13 bits per heavy atom. The summed E-state index contributed by atoms with van der Waals surface area (Å²) in [5.74, 6) is -0.783. The first-order valence-electron chi connectivity index (χ1n) is 9.19. The zero-order valence-corrected chi connectivity index (χ0v) is 18.7. The van der Waals surface area contributed by atoms with E-state index in [2.05, 4.69) is 10.4 Å². The number of hydrogen-bond acceptors (Lipinski definition) is 6. The van der Waals surface area contributed by atoms with Crippen LogP contribution in [0.25, 0.3) is 0 Å². The first kappa shape index (κ1) is 24.7. The SMILES string of the molecule is COCCOc1cc(C(=O)O)nn1C[C@@H]1CNCCO[C@H]1c1ccc(Cl)c(Cl)c1.Cl. The van der Waals surface area contributed by atoms with Gasteiger partial charge in [-0.2, -0.15) is 5.10 Å². The van der Waals surface area contributed by atoms with Gasteiger partial charge < -0.3 is 24.6 Å². The van der Waals surface area contributed by atoms with Crippen LogP contribution in [-0.4, -0.2) is 60.9 Å². The van der Waals surface area contributed by atoms with Gasteiger partial charge in [0.1, 0.15) is 6.61 Å². The third kappa shape index (κ3) is 6.23. The van der Waals surface area contributed by atoms with Crippen molar-refractivity contribution in [1.82, 2.24) is 15.1 Å². The predicted octanol–water partition coefficient (Wildman–Crippen LogP) is 3.31. The minimum Gasteiger partial charge on any atom is -0.476 e. The van der Waals surface area contributed by atoms with Crippen LogP contribution >= 0.6 is 35.6 Å². The fourth-order valence-corrected chi connectivity index (χ4v) is 3.52. The number of methoxy groups -OCH3 is 1. The molecule has 1 aromatic heterocycles. The third-order valence-electron chi connectivity index (χ3n) is 4.59. The highest BCUT2D eigenvalue weighted by Gasteiger charge is 2.29. The van der Waals surface area contributed by atoms with Crippen molar-refractivity contribution in [3.63, 3.8) is 0 Å². The highest BCUT2D eigenvalue weighted by atomic mass is 35.5. The largest absolute Gasteiger partial charge is 0.476 e. The van der Waals surface area contributed by atoms with Crippen molar-refractivity contribution in [3.8, 4) is 5.88 Å². The minimum absolute atomic E-state index is 0. The molecule has 1 aliphatic rings. The minimum atomic E-state index is -1.11. The molecule has 0 amide bonds. The molecule has 1 aromatic carbocycles. The summed E-state index contributed by atoms with van der Waals surface area (Å²) < 4.78 is 18.3. The molecule has 166 valence electrons. The van der Waals surface area contributed by atoms with Crippen molar-refractivity contribution >= 4 is 41.6 Å². The number of nitrogens with zero attached hydrogens (tertiary/aromatic N) is 2. The van der Waals surface area contributed by atoms with E-state index in [9.17, 15) is 9.90 Å². The van der Waals surface area contributed by atoms with E-state index in [0.29, 0.717) is 48.8 Å². The normalized spacial score (nSPS) is 19.0. The van der Waals surface area contributed by atoms with Gasteiger partial charge in [-0.15, -0.1) is 12.4 Å². The quantitative estimate of drug-likeness (QED) is 0.560. The van der Waals surface area contributed by atoms with E-state index >= 15 is 0 Å². The van der Waals surface area contributed by atoms with Crippen molar-refractivity contribution in [3.05, 3.63) is 45.6 Å². The molecule has 3 rings (SSSR count). The molecule has 8 nitrogen and oxygen atoms in total. The smallest absolute Gasteiger partial charge is 0.356 e. The fraction of sp³-hybridized carbons (Fsp3) is 0.474. The summed E-state index contributed by atoms with van der Waals surface area (Å²) in [4.78, 5) is 11.4. The van der Waals surface area contributed by atoms with Gasteiger partial charge in [-0.1, -0.05) is 29.3 Å². The van der Waals surface area contributed by atoms with Crippen LogP contribution in [-0.2, 0) is 16.0 Å². The summed E-state index contributed by atoms with van der Waals surface area (Å²) >= 11 is 12.2. The van der Waals surface area contributed by atoms with Crippen LogP contribution in [0.4, 0.5) is 0 Å².